The van der Waals surface area contributed by atoms with Crippen molar-refractivity contribution in [3.8, 4) is 0 Å². The minimum atomic E-state index is -0.990. The number of rotatable bonds is 3. The molecule has 0 bridgehead atoms. The Morgan fingerprint density at radius 2 is 1.71 bits per heavy atom. The number of carbonyl (C=O) groups is 2. The number of hydrogen-bond acceptors (Lipinski definition) is 2. The van der Waals surface area contributed by atoms with Gasteiger partial charge in [0, 0.05) is 0 Å². The van der Waals surface area contributed by atoms with Crippen molar-refractivity contribution in [2.24, 2.45) is 17.8 Å². The van der Waals surface area contributed by atoms with Crippen LogP contribution in [0.15, 0.2) is 0 Å². The van der Waals surface area contributed by atoms with Gasteiger partial charge in [0.15, 0.2) is 0 Å². The van der Waals surface area contributed by atoms with E-state index < -0.39 is 23.8 Å². The summed E-state index contributed by atoms with van der Waals surface area (Å²) in [5.41, 5.74) is 0. The van der Waals surface area contributed by atoms with Crippen molar-refractivity contribution in [1.82, 2.24) is 0 Å². The molecule has 14 heavy (non-hydrogen) atoms. The average Bonchev–Trinajstić information content (AvgIpc) is 2.16. The third-order valence-corrected chi connectivity index (χ3v) is 3.00. The first kappa shape index (κ1) is 11.0. The summed E-state index contributed by atoms with van der Waals surface area (Å²) in [6.07, 6.45) is 2.39. The first-order valence-electron chi connectivity index (χ1n) is 4.81. The molecule has 3 atom stereocenters. The van der Waals surface area contributed by atoms with E-state index in [4.69, 9.17) is 10.2 Å². The summed E-state index contributed by atoms with van der Waals surface area (Å²) >= 11 is 0. The largest absolute Gasteiger partial charge is 0.481 e. The number of carboxylic acids is 2. The molecule has 79 valence electrons. The van der Waals surface area contributed by atoms with Crippen molar-refractivity contribution in [2.45, 2.75) is 25.7 Å². The van der Waals surface area contributed by atoms with Crippen LogP contribution in [0, 0.1) is 24.7 Å². The van der Waals surface area contributed by atoms with E-state index in [1.54, 1.807) is 0 Å². The van der Waals surface area contributed by atoms with E-state index >= 15 is 0 Å². The highest BCUT2D eigenvalue weighted by atomic mass is 16.4. The molecule has 0 aliphatic heterocycles. The second kappa shape index (κ2) is 4.44. The zero-order valence-electron chi connectivity index (χ0n) is 7.98. The van der Waals surface area contributed by atoms with Gasteiger partial charge in [-0.1, -0.05) is 13.3 Å². The highest BCUT2D eigenvalue weighted by Gasteiger charge is 2.38. The van der Waals surface area contributed by atoms with Crippen molar-refractivity contribution in [2.75, 3.05) is 0 Å². The monoisotopic (exact) mass is 199 g/mol. The third kappa shape index (κ3) is 2.25. The maximum Gasteiger partial charge on any atom is 0.307 e. The van der Waals surface area contributed by atoms with Gasteiger partial charge in [-0.3, -0.25) is 9.59 Å². The topological polar surface area (TPSA) is 74.6 Å². The lowest BCUT2D eigenvalue weighted by Crippen LogP contribution is -2.35. The molecule has 1 saturated carbocycles. The van der Waals surface area contributed by atoms with Crippen molar-refractivity contribution >= 4 is 11.9 Å². The molecular formula is C10H15O4. The highest BCUT2D eigenvalue weighted by Crippen LogP contribution is 2.35. The van der Waals surface area contributed by atoms with Crippen molar-refractivity contribution < 1.29 is 19.8 Å². The highest BCUT2D eigenvalue weighted by molar-refractivity contribution is 5.80. The summed E-state index contributed by atoms with van der Waals surface area (Å²) in [6.45, 7) is 3.73. The number of carboxylic acid groups (broad SMARTS) is 2. The van der Waals surface area contributed by atoms with Crippen LogP contribution in [0.5, 0.6) is 0 Å². The lowest BCUT2D eigenvalue weighted by molar-refractivity contribution is -0.156. The van der Waals surface area contributed by atoms with Crippen molar-refractivity contribution in [3.63, 3.8) is 0 Å². The zero-order valence-corrected chi connectivity index (χ0v) is 7.98. The van der Waals surface area contributed by atoms with E-state index in [0.717, 1.165) is 6.42 Å². The molecule has 1 fully saturated rings. The van der Waals surface area contributed by atoms with Crippen LogP contribution in [-0.4, -0.2) is 22.2 Å². The number of aliphatic carboxylic acids is 2. The Kier molecular flexibility index (Phi) is 3.49. The van der Waals surface area contributed by atoms with Crippen molar-refractivity contribution in [1.29, 1.82) is 0 Å². The molecule has 2 N–H and O–H groups in total. The van der Waals surface area contributed by atoms with E-state index in [0.29, 0.717) is 19.3 Å². The van der Waals surface area contributed by atoms with Crippen LogP contribution in [-0.2, 0) is 9.59 Å². The first-order valence-corrected chi connectivity index (χ1v) is 4.81. The van der Waals surface area contributed by atoms with Gasteiger partial charge < -0.3 is 10.2 Å². The normalized spacial score (nSPS) is 32.5. The fourth-order valence-corrected chi connectivity index (χ4v) is 2.09. The van der Waals surface area contributed by atoms with E-state index in [1.807, 2.05) is 0 Å². The molecule has 0 spiro atoms. The summed E-state index contributed by atoms with van der Waals surface area (Å²) in [4.78, 5) is 21.6. The zero-order chi connectivity index (χ0) is 10.7. The van der Waals surface area contributed by atoms with Crippen LogP contribution in [0.4, 0.5) is 0 Å². The fourth-order valence-electron chi connectivity index (χ4n) is 2.09. The Balaban J connectivity index is 2.70. The summed E-state index contributed by atoms with van der Waals surface area (Å²) in [6, 6.07) is 0. The first-order chi connectivity index (χ1) is 6.56. The molecule has 1 radical (unpaired) electrons. The van der Waals surface area contributed by atoms with Crippen LogP contribution in [0.2, 0.25) is 0 Å². The average molecular weight is 199 g/mol. The van der Waals surface area contributed by atoms with Gasteiger partial charge in [-0.25, -0.2) is 0 Å². The molecule has 1 aliphatic carbocycles. The second-order valence-corrected chi connectivity index (χ2v) is 3.86. The molecule has 0 saturated heterocycles. The fraction of sp³-hybridized carbons (Fsp3) is 0.700. The van der Waals surface area contributed by atoms with Crippen molar-refractivity contribution in [3.05, 3.63) is 6.92 Å². The Morgan fingerprint density at radius 1 is 1.14 bits per heavy atom. The summed E-state index contributed by atoms with van der Waals surface area (Å²) in [5, 5.41) is 17.7. The standard InChI is InChI=1S/C10H15O4/c1-2-6-3-4-7(9(11)12)8(5-6)10(13)14/h6-8H,1-5H2,(H,11,12)(H,13,14). The Hall–Kier alpha value is -1.06. The summed E-state index contributed by atoms with van der Waals surface area (Å²) < 4.78 is 0. The lowest BCUT2D eigenvalue weighted by atomic mass is 9.73. The van der Waals surface area contributed by atoms with Gasteiger partial charge in [-0.05, 0) is 25.2 Å². The lowest BCUT2D eigenvalue weighted by Gasteiger charge is -2.30. The predicted molar refractivity (Wildman–Crippen MR) is 49.6 cm³/mol. The van der Waals surface area contributed by atoms with Gasteiger partial charge in [0.25, 0.3) is 0 Å². The minimum Gasteiger partial charge on any atom is -0.481 e. The summed E-state index contributed by atoms with van der Waals surface area (Å²) in [7, 11) is 0. The van der Waals surface area contributed by atoms with E-state index in [9.17, 15) is 9.59 Å². The third-order valence-electron chi connectivity index (χ3n) is 3.00. The maximum atomic E-state index is 10.8. The van der Waals surface area contributed by atoms with Gasteiger partial charge in [0.2, 0.25) is 0 Å². The van der Waals surface area contributed by atoms with Crippen LogP contribution < -0.4 is 0 Å². The Bertz CT molecular complexity index is 236. The van der Waals surface area contributed by atoms with E-state index in [1.165, 1.54) is 0 Å². The van der Waals surface area contributed by atoms with Crippen LogP contribution in [0.3, 0.4) is 0 Å². The van der Waals surface area contributed by atoms with Crippen LogP contribution in [0.1, 0.15) is 25.7 Å². The van der Waals surface area contributed by atoms with Gasteiger partial charge in [0.1, 0.15) is 0 Å². The molecular weight excluding hydrogens is 184 g/mol. The van der Waals surface area contributed by atoms with Gasteiger partial charge in [-0.15, -0.1) is 0 Å². The Labute approximate surface area is 82.9 Å². The molecule has 0 amide bonds. The number of hydrogen-bond donors (Lipinski definition) is 2. The van der Waals surface area contributed by atoms with Gasteiger partial charge >= 0.3 is 11.9 Å². The molecule has 4 heteroatoms. The van der Waals surface area contributed by atoms with Gasteiger partial charge in [-0.2, -0.15) is 0 Å². The predicted octanol–water partition coefficient (Wildman–Crippen LogP) is 1.41. The molecule has 0 aromatic rings. The van der Waals surface area contributed by atoms with E-state index in [-0.39, 0.29) is 5.92 Å². The SMILES string of the molecule is [CH2]CC1CCC(C(=O)O)C(C(=O)O)C1. The quantitative estimate of drug-likeness (QED) is 0.720. The maximum absolute atomic E-state index is 10.8. The molecule has 1 aliphatic rings. The Morgan fingerprint density at radius 3 is 2.14 bits per heavy atom. The van der Waals surface area contributed by atoms with E-state index in [2.05, 4.69) is 6.92 Å². The van der Waals surface area contributed by atoms with Crippen LogP contribution >= 0.6 is 0 Å². The molecule has 0 heterocycles. The molecule has 0 aromatic heterocycles. The molecule has 1 rings (SSSR count). The smallest absolute Gasteiger partial charge is 0.307 e. The summed E-state index contributed by atoms with van der Waals surface area (Å²) in [5.74, 6) is -3.15. The van der Waals surface area contributed by atoms with Gasteiger partial charge in [0.05, 0.1) is 11.8 Å². The molecule has 3 unspecified atom stereocenters. The minimum absolute atomic E-state index is 0.270. The molecule has 0 aromatic carbocycles. The second-order valence-electron chi connectivity index (χ2n) is 3.86. The molecule has 4 nitrogen and oxygen atoms in total. The van der Waals surface area contributed by atoms with Crippen LogP contribution in [0.25, 0.3) is 0 Å².